The van der Waals surface area contributed by atoms with Gasteiger partial charge in [-0.2, -0.15) is 0 Å². The van der Waals surface area contributed by atoms with E-state index in [1.807, 2.05) is 45.0 Å². The number of alkyl carbamates (subject to hydrolysis) is 1. The van der Waals surface area contributed by atoms with Crippen LogP contribution in [0.4, 0.5) is 4.79 Å². The first kappa shape index (κ1) is 29.4. The topological polar surface area (TPSA) is 87.7 Å². The van der Waals surface area contributed by atoms with Crippen molar-refractivity contribution in [3.05, 3.63) is 42.0 Å². The molecule has 2 N–H and O–H groups in total. The van der Waals surface area contributed by atoms with Gasteiger partial charge in [-0.05, 0) is 70.1 Å². The summed E-state index contributed by atoms with van der Waals surface area (Å²) in [6.07, 6.45) is 6.77. The van der Waals surface area contributed by atoms with Crippen LogP contribution in [0.15, 0.2) is 30.8 Å². The third-order valence-corrected chi connectivity index (χ3v) is 6.29. The fourth-order valence-corrected chi connectivity index (χ4v) is 4.66. The molecule has 0 heterocycles. The van der Waals surface area contributed by atoms with E-state index in [9.17, 15) is 14.4 Å². The highest BCUT2D eigenvalue weighted by Crippen LogP contribution is 2.26. The minimum Gasteiger partial charge on any atom is -0.444 e. The van der Waals surface area contributed by atoms with Crippen LogP contribution in [0.2, 0.25) is 0 Å². The van der Waals surface area contributed by atoms with Crippen molar-refractivity contribution >= 4 is 24.0 Å². The monoisotopic (exact) mass is 499 g/mol. The Kier molecular flexibility index (Phi) is 11.0. The molecule has 0 spiro atoms. The molecule has 0 radical (unpaired) electrons. The Balaban J connectivity index is 2.40. The second kappa shape index (κ2) is 13.5. The second-order valence-corrected chi connectivity index (χ2v) is 11.1. The van der Waals surface area contributed by atoms with Gasteiger partial charge in [-0.3, -0.25) is 9.59 Å². The van der Waals surface area contributed by atoms with E-state index in [1.54, 1.807) is 31.7 Å². The Labute approximate surface area is 217 Å². The lowest BCUT2D eigenvalue weighted by molar-refractivity contribution is -0.142. The first-order valence-corrected chi connectivity index (χ1v) is 13.3. The number of amides is 3. The fourth-order valence-electron chi connectivity index (χ4n) is 4.66. The SMILES string of the molecule is C=Cc1cccc(C(C(=O)NC2CCCCC2)N(CC)C(=O)C(CC(C)C)NC(=O)OC(C)(C)C)c1. The van der Waals surface area contributed by atoms with E-state index in [-0.39, 0.29) is 23.8 Å². The lowest BCUT2D eigenvalue weighted by Crippen LogP contribution is -2.54. The quantitative estimate of drug-likeness (QED) is 0.438. The molecule has 0 saturated heterocycles. The summed E-state index contributed by atoms with van der Waals surface area (Å²) in [5.41, 5.74) is 0.904. The minimum atomic E-state index is -0.820. The summed E-state index contributed by atoms with van der Waals surface area (Å²) in [6, 6.07) is 6.02. The van der Waals surface area contributed by atoms with Crippen LogP contribution in [0.25, 0.3) is 6.08 Å². The van der Waals surface area contributed by atoms with E-state index >= 15 is 0 Å². The summed E-state index contributed by atoms with van der Waals surface area (Å²) in [5.74, 6) is -0.352. The zero-order chi connectivity index (χ0) is 26.9. The molecule has 3 amide bonds. The summed E-state index contributed by atoms with van der Waals surface area (Å²) >= 11 is 0. The van der Waals surface area contributed by atoms with Gasteiger partial charge in [-0.25, -0.2) is 4.79 Å². The van der Waals surface area contributed by atoms with E-state index < -0.39 is 23.8 Å². The summed E-state index contributed by atoms with van der Waals surface area (Å²) in [4.78, 5) is 41.8. The normalized spacial score (nSPS) is 16.1. The smallest absolute Gasteiger partial charge is 0.408 e. The van der Waals surface area contributed by atoms with E-state index in [0.29, 0.717) is 13.0 Å². The zero-order valence-corrected chi connectivity index (χ0v) is 22.9. The zero-order valence-electron chi connectivity index (χ0n) is 22.9. The van der Waals surface area contributed by atoms with Gasteiger partial charge in [-0.1, -0.05) is 64.0 Å². The van der Waals surface area contributed by atoms with E-state index in [4.69, 9.17) is 4.74 Å². The number of likely N-dealkylation sites (N-methyl/N-ethyl adjacent to an activating group) is 1. The van der Waals surface area contributed by atoms with Crippen LogP contribution >= 0.6 is 0 Å². The fraction of sp³-hybridized carbons (Fsp3) is 0.621. The summed E-state index contributed by atoms with van der Waals surface area (Å²) in [7, 11) is 0. The highest BCUT2D eigenvalue weighted by Gasteiger charge is 2.36. The highest BCUT2D eigenvalue weighted by atomic mass is 16.6. The van der Waals surface area contributed by atoms with Crippen LogP contribution in [0.1, 0.15) is 97.2 Å². The molecule has 1 aromatic carbocycles. The second-order valence-electron chi connectivity index (χ2n) is 11.1. The van der Waals surface area contributed by atoms with Crippen LogP contribution in [-0.4, -0.2) is 47.0 Å². The third-order valence-electron chi connectivity index (χ3n) is 6.29. The Hall–Kier alpha value is -2.83. The van der Waals surface area contributed by atoms with Gasteiger partial charge in [0.15, 0.2) is 0 Å². The van der Waals surface area contributed by atoms with E-state index in [2.05, 4.69) is 17.2 Å². The maximum atomic E-state index is 13.9. The van der Waals surface area contributed by atoms with Gasteiger partial charge in [0.25, 0.3) is 0 Å². The lowest BCUT2D eigenvalue weighted by atomic mass is 9.94. The molecule has 200 valence electrons. The number of nitrogens with one attached hydrogen (secondary N) is 2. The molecule has 7 nitrogen and oxygen atoms in total. The first-order chi connectivity index (χ1) is 16.9. The molecular weight excluding hydrogens is 454 g/mol. The largest absolute Gasteiger partial charge is 0.444 e. The maximum absolute atomic E-state index is 13.9. The molecule has 0 aliphatic heterocycles. The molecule has 2 unspecified atom stereocenters. The molecule has 36 heavy (non-hydrogen) atoms. The lowest BCUT2D eigenvalue weighted by Gasteiger charge is -2.35. The molecular formula is C29H45N3O4. The number of benzene rings is 1. The molecule has 1 aromatic rings. The molecule has 0 bridgehead atoms. The van der Waals surface area contributed by atoms with Crippen LogP contribution in [0.5, 0.6) is 0 Å². The van der Waals surface area contributed by atoms with Crippen molar-refractivity contribution in [2.24, 2.45) is 5.92 Å². The molecule has 1 aliphatic rings. The number of carbonyl (C=O) groups excluding carboxylic acids is 3. The van der Waals surface area contributed by atoms with E-state index in [1.165, 1.54) is 6.42 Å². The van der Waals surface area contributed by atoms with Crippen molar-refractivity contribution in [3.63, 3.8) is 0 Å². The molecule has 1 fully saturated rings. The molecule has 1 saturated carbocycles. The van der Waals surface area contributed by atoms with Crippen LogP contribution in [-0.2, 0) is 14.3 Å². The van der Waals surface area contributed by atoms with E-state index in [0.717, 1.165) is 36.8 Å². The Morgan fingerprint density at radius 1 is 1.17 bits per heavy atom. The number of carbonyl (C=O) groups is 3. The predicted octanol–water partition coefficient (Wildman–Crippen LogP) is 5.61. The molecule has 2 atom stereocenters. The van der Waals surface area contributed by atoms with Gasteiger partial charge in [0.2, 0.25) is 11.8 Å². The Bertz CT molecular complexity index is 900. The third kappa shape index (κ3) is 8.99. The number of rotatable bonds is 10. The standard InChI is InChI=1S/C29H45N3O4/c1-8-21-14-13-15-22(19-21)25(26(33)30-23-16-11-10-12-17-23)32(9-2)27(34)24(18-20(3)4)31-28(35)36-29(5,6)7/h8,13-15,19-20,23-25H,1,9-12,16-18H2,2-7H3,(H,30,33)(H,31,35). The van der Waals surface area contributed by atoms with Gasteiger partial charge in [0.05, 0.1) is 0 Å². The molecule has 0 aromatic heterocycles. The minimum absolute atomic E-state index is 0.108. The predicted molar refractivity (Wildman–Crippen MR) is 144 cm³/mol. The Morgan fingerprint density at radius 2 is 1.83 bits per heavy atom. The number of hydrogen-bond acceptors (Lipinski definition) is 4. The van der Waals surface area contributed by atoms with Gasteiger partial charge >= 0.3 is 6.09 Å². The van der Waals surface area contributed by atoms with Gasteiger partial charge in [-0.15, -0.1) is 0 Å². The van der Waals surface area contributed by atoms with Crippen molar-refractivity contribution in [3.8, 4) is 0 Å². The molecule has 7 heteroatoms. The number of hydrogen-bond donors (Lipinski definition) is 2. The maximum Gasteiger partial charge on any atom is 0.408 e. The summed E-state index contributed by atoms with van der Waals surface area (Å²) < 4.78 is 5.43. The summed E-state index contributed by atoms with van der Waals surface area (Å²) in [6.45, 7) is 15.3. The van der Waals surface area contributed by atoms with Gasteiger partial charge in [0, 0.05) is 12.6 Å². The van der Waals surface area contributed by atoms with Crippen molar-refractivity contribution in [1.29, 1.82) is 0 Å². The highest BCUT2D eigenvalue weighted by molar-refractivity contribution is 5.92. The molecule has 1 aliphatic carbocycles. The summed E-state index contributed by atoms with van der Waals surface area (Å²) in [5, 5.41) is 5.97. The van der Waals surface area contributed by atoms with Crippen LogP contribution in [0.3, 0.4) is 0 Å². The molecule has 2 rings (SSSR count). The van der Waals surface area contributed by atoms with Gasteiger partial charge in [0.1, 0.15) is 17.7 Å². The van der Waals surface area contributed by atoms with Crippen LogP contribution < -0.4 is 10.6 Å². The number of nitrogens with zero attached hydrogens (tertiary/aromatic N) is 1. The van der Waals surface area contributed by atoms with Crippen molar-refractivity contribution < 1.29 is 19.1 Å². The van der Waals surface area contributed by atoms with Crippen LogP contribution in [0, 0.1) is 5.92 Å². The van der Waals surface area contributed by atoms with Gasteiger partial charge < -0.3 is 20.3 Å². The Morgan fingerprint density at radius 3 is 2.39 bits per heavy atom. The van der Waals surface area contributed by atoms with Crippen molar-refractivity contribution in [2.45, 2.75) is 104 Å². The number of ether oxygens (including phenoxy) is 1. The first-order valence-electron chi connectivity index (χ1n) is 13.3. The van der Waals surface area contributed by atoms with Crippen molar-refractivity contribution in [2.75, 3.05) is 6.54 Å². The van der Waals surface area contributed by atoms with Crippen molar-refractivity contribution in [1.82, 2.24) is 15.5 Å². The average Bonchev–Trinajstić information content (AvgIpc) is 2.80. The average molecular weight is 500 g/mol.